The molecule has 0 aliphatic carbocycles. The molecular weight excluding hydrogens is 247 g/mol. The summed E-state index contributed by atoms with van der Waals surface area (Å²) in [6, 6.07) is 13.2. The normalized spacial score (nSPS) is 10.0. The second kappa shape index (κ2) is 6.61. The van der Waals surface area contributed by atoms with Crippen molar-refractivity contribution >= 4 is 5.69 Å². The van der Waals surface area contributed by atoms with E-state index in [9.17, 15) is 4.39 Å². The molecule has 3 N–H and O–H groups in total. The number of hydrogen-bond donors (Lipinski definition) is 2. The van der Waals surface area contributed by atoms with E-state index >= 15 is 0 Å². The van der Waals surface area contributed by atoms with Gasteiger partial charge < -0.3 is 14.9 Å². The molecule has 0 amide bonds. The molecule has 0 fully saturated rings. The van der Waals surface area contributed by atoms with Crippen molar-refractivity contribution in [3.05, 3.63) is 54.3 Å². The fourth-order valence-electron chi connectivity index (χ4n) is 1.53. The zero-order valence-electron chi connectivity index (χ0n) is 10.3. The maximum atomic E-state index is 12.7. The molecule has 0 heterocycles. The molecule has 0 radical (unpaired) electrons. The minimum absolute atomic E-state index is 0.283. The lowest BCUT2D eigenvalue weighted by Gasteiger charge is -2.09. The molecule has 0 aliphatic heterocycles. The summed E-state index contributed by atoms with van der Waals surface area (Å²) >= 11 is 0. The Morgan fingerprint density at radius 1 is 0.947 bits per heavy atom. The van der Waals surface area contributed by atoms with Crippen molar-refractivity contribution in [2.24, 2.45) is 5.84 Å². The molecule has 0 atom stereocenters. The number of benzene rings is 2. The third kappa shape index (κ3) is 4.15. The molecule has 0 aromatic heterocycles. The molecule has 0 unspecified atom stereocenters. The second-order valence-corrected chi connectivity index (χ2v) is 3.82. The zero-order chi connectivity index (χ0) is 13.5. The highest BCUT2D eigenvalue weighted by atomic mass is 19.1. The van der Waals surface area contributed by atoms with Crippen LogP contribution in [-0.2, 0) is 0 Å². The van der Waals surface area contributed by atoms with Crippen LogP contribution in [0.2, 0.25) is 0 Å². The van der Waals surface area contributed by atoms with Gasteiger partial charge in [0.2, 0.25) is 0 Å². The van der Waals surface area contributed by atoms with Gasteiger partial charge in [-0.15, -0.1) is 0 Å². The molecular formula is C14H15FN2O2. The minimum atomic E-state index is -0.283. The number of nitrogens with one attached hydrogen (secondary N) is 1. The number of hydrazine groups is 1. The number of halogens is 1. The fourth-order valence-corrected chi connectivity index (χ4v) is 1.53. The van der Waals surface area contributed by atoms with E-state index in [1.807, 2.05) is 18.2 Å². The van der Waals surface area contributed by atoms with Crippen LogP contribution in [0.5, 0.6) is 11.5 Å². The van der Waals surface area contributed by atoms with Crippen LogP contribution in [0.4, 0.5) is 10.1 Å². The Labute approximate surface area is 110 Å². The number of anilines is 1. The van der Waals surface area contributed by atoms with Crippen molar-refractivity contribution in [3.63, 3.8) is 0 Å². The van der Waals surface area contributed by atoms with Gasteiger partial charge in [0, 0.05) is 6.07 Å². The highest BCUT2D eigenvalue weighted by Gasteiger charge is 1.97. The van der Waals surface area contributed by atoms with Gasteiger partial charge in [-0.25, -0.2) is 4.39 Å². The van der Waals surface area contributed by atoms with Gasteiger partial charge in [0.15, 0.2) is 0 Å². The van der Waals surface area contributed by atoms with E-state index in [-0.39, 0.29) is 5.82 Å². The topological polar surface area (TPSA) is 56.5 Å². The van der Waals surface area contributed by atoms with E-state index < -0.39 is 0 Å². The predicted octanol–water partition coefficient (Wildman–Crippen LogP) is 2.57. The van der Waals surface area contributed by atoms with Gasteiger partial charge in [0.25, 0.3) is 0 Å². The van der Waals surface area contributed by atoms with Crippen molar-refractivity contribution in [2.45, 2.75) is 0 Å². The Balaban J connectivity index is 1.75. The van der Waals surface area contributed by atoms with Gasteiger partial charge in [-0.1, -0.05) is 6.07 Å². The summed E-state index contributed by atoms with van der Waals surface area (Å²) in [5.41, 5.74) is 3.32. The standard InChI is InChI=1S/C14H15FN2O2/c15-11-4-6-13(7-5-11)18-8-9-19-14-3-1-2-12(10-14)17-16/h1-7,10,17H,8-9,16H2. The van der Waals surface area contributed by atoms with Gasteiger partial charge in [-0.05, 0) is 36.4 Å². The molecule has 0 saturated heterocycles. The molecule has 2 aromatic rings. The molecule has 2 rings (SSSR count). The Kier molecular flexibility index (Phi) is 4.58. The van der Waals surface area contributed by atoms with E-state index in [4.69, 9.17) is 15.3 Å². The molecule has 100 valence electrons. The van der Waals surface area contributed by atoms with Gasteiger partial charge in [-0.2, -0.15) is 0 Å². The summed E-state index contributed by atoms with van der Waals surface area (Å²) in [7, 11) is 0. The SMILES string of the molecule is NNc1cccc(OCCOc2ccc(F)cc2)c1. The Morgan fingerprint density at radius 3 is 2.32 bits per heavy atom. The van der Waals surface area contributed by atoms with E-state index in [2.05, 4.69) is 5.43 Å². The van der Waals surface area contributed by atoms with E-state index in [1.165, 1.54) is 12.1 Å². The van der Waals surface area contributed by atoms with Gasteiger partial charge in [0.1, 0.15) is 30.5 Å². The summed E-state index contributed by atoms with van der Waals surface area (Å²) in [5, 5.41) is 0. The Hall–Kier alpha value is -2.27. The molecule has 0 aliphatic rings. The van der Waals surface area contributed by atoms with Crippen LogP contribution in [-0.4, -0.2) is 13.2 Å². The first-order valence-corrected chi connectivity index (χ1v) is 5.86. The molecule has 0 spiro atoms. The minimum Gasteiger partial charge on any atom is -0.490 e. The summed E-state index contributed by atoms with van der Waals surface area (Å²) in [6.45, 7) is 0.775. The molecule has 2 aromatic carbocycles. The average Bonchev–Trinajstić information content (AvgIpc) is 2.46. The Bertz CT molecular complexity index is 517. The number of nitrogens with two attached hydrogens (primary N) is 1. The van der Waals surface area contributed by atoms with Crippen LogP contribution in [0.3, 0.4) is 0 Å². The average molecular weight is 262 g/mol. The van der Waals surface area contributed by atoms with Crippen LogP contribution < -0.4 is 20.7 Å². The van der Waals surface area contributed by atoms with Crippen molar-refractivity contribution in [1.29, 1.82) is 0 Å². The fraction of sp³-hybridized carbons (Fsp3) is 0.143. The van der Waals surface area contributed by atoms with Crippen molar-refractivity contribution in [1.82, 2.24) is 0 Å². The lowest BCUT2D eigenvalue weighted by molar-refractivity contribution is 0.217. The predicted molar refractivity (Wildman–Crippen MR) is 71.6 cm³/mol. The van der Waals surface area contributed by atoms with Crippen molar-refractivity contribution in [3.8, 4) is 11.5 Å². The quantitative estimate of drug-likeness (QED) is 0.477. The van der Waals surface area contributed by atoms with E-state index in [0.717, 1.165) is 5.69 Å². The smallest absolute Gasteiger partial charge is 0.123 e. The van der Waals surface area contributed by atoms with Crippen LogP contribution in [0, 0.1) is 5.82 Å². The lowest BCUT2D eigenvalue weighted by atomic mass is 10.3. The molecule has 0 saturated carbocycles. The number of hydrogen-bond acceptors (Lipinski definition) is 4. The molecule has 19 heavy (non-hydrogen) atoms. The van der Waals surface area contributed by atoms with Crippen molar-refractivity contribution < 1.29 is 13.9 Å². The number of ether oxygens (including phenoxy) is 2. The summed E-state index contributed by atoms with van der Waals surface area (Å²) < 4.78 is 23.6. The third-order valence-corrected chi connectivity index (χ3v) is 2.44. The zero-order valence-corrected chi connectivity index (χ0v) is 10.3. The summed E-state index contributed by atoms with van der Waals surface area (Å²) in [6.07, 6.45) is 0. The largest absolute Gasteiger partial charge is 0.490 e. The van der Waals surface area contributed by atoms with Gasteiger partial charge >= 0.3 is 0 Å². The van der Waals surface area contributed by atoms with Crippen LogP contribution in [0.15, 0.2) is 48.5 Å². The van der Waals surface area contributed by atoms with Gasteiger partial charge in [-0.3, -0.25) is 5.84 Å². The van der Waals surface area contributed by atoms with E-state index in [0.29, 0.717) is 24.7 Å². The number of rotatable bonds is 6. The highest BCUT2D eigenvalue weighted by Crippen LogP contribution is 2.16. The first kappa shape index (κ1) is 13.2. The maximum Gasteiger partial charge on any atom is 0.123 e. The van der Waals surface area contributed by atoms with Gasteiger partial charge in [0.05, 0.1) is 5.69 Å². The van der Waals surface area contributed by atoms with E-state index in [1.54, 1.807) is 18.2 Å². The number of nitrogen functional groups attached to an aromatic ring is 1. The third-order valence-electron chi connectivity index (χ3n) is 2.44. The monoisotopic (exact) mass is 262 g/mol. The Morgan fingerprint density at radius 2 is 1.63 bits per heavy atom. The molecule has 5 heteroatoms. The highest BCUT2D eigenvalue weighted by molar-refractivity contribution is 5.46. The van der Waals surface area contributed by atoms with Crippen LogP contribution in [0.25, 0.3) is 0 Å². The second-order valence-electron chi connectivity index (χ2n) is 3.82. The molecule has 4 nitrogen and oxygen atoms in total. The summed E-state index contributed by atoms with van der Waals surface area (Å²) in [5.74, 6) is 6.34. The lowest BCUT2D eigenvalue weighted by Crippen LogP contribution is -2.10. The first-order valence-electron chi connectivity index (χ1n) is 5.86. The van der Waals surface area contributed by atoms with Crippen LogP contribution >= 0.6 is 0 Å². The summed E-state index contributed by atoms with van der Waals surface area (Å²) in [4.78, 5) is 0. The maximum absolute atomic E-state index is 12.7. The van der Waals surface area contributed by atoms with Crippen LogP contribution in [0.1, 0.15) is 0 Å². The molecule has 0 bridgehead atoms. The first-order chi connectivity index (χ1) is 9.28. The van der Waals surface area contributed by atoms with Crippen molar-refractivity contribution in [2.75, 3.05) is 18.6 Å².